The summed E-state index contributed by atoms with van der Waals surface area (Å²) in [6, 6.07) is 22.1. The van der Waals surface area contributed by atoms with Gasteiger partial charge in [-0.05, 0) is 18.2 Å². The van der Waals surface area contributed by atoms with Crippen LogP contribution in [0.15, 0.2) is 78.9 Å². The maximum absolute atomic E-state index is 13.9. The predicted octanol–water partition coefficient (Wildman–Crippen LogP) is 5.15. The number of rotatable bonds is 4. The van der Waals surface area contributed by atoms with E-state index in [-0.39, 0.29) is 10.6 Å². The molecule has 0 unspecified atom stereocenters. The van der Waals surface area contributed by atoms with Crippen LogP contribution in [-0.2, 0) is 4.57 Å². The first-order valence-electron chi connectivity index (χ1n) is 7.24. The number of carbonyl (C=O) groups is 1. The lowest BCUT2D eigenvalue weighted by Gasteiger charge is -2.18. The normalized spacial score (nSPS) is 11.2. The molecule has 2 nitrogen and oxygen atoms in total. The molecule has 3 rings (SSSR count). The van der Waals surface area contributed by atoms with E-state index in [1.54, 1.807) is 54.6 Å². The lowest BCUT2D eigenvalue weighted by Crippen LogP contribution is -2.22. The van der Waals surface area contributed by atoms with E-state index in [2.05, 4.69) is 0 Å². The fourth-order valence-electron chi connectivity index (χ4n) is 2.49. The number of hydrogen-bond acceptors (Lipinski definition) is 2. The van der Waals surface area contributed by atoms with E-state index >= 15 is 0 Å². The first kappa shape index (κ1) is 17.0. The number of carbonyl (C=O) groups excluding carboxylic acids is 1. The van der Waals surface area contributed by atoms with Crippen molar-refractivity contribution in [2.75, 3.05) is 0 Å². The van der Waals surface area contributed by atoms with Gasteiger partial charge in [0.2, 0.25) is 12.7 Å². The minimum Gasteiger partial charge on any atom is -0.305 e. The molecule has 0 heterocycles. The third kappa shape index (κ3) is 3.06. The van der Waals surface area contributed by atoms with Crippen LogP contribution in [0.2, 0.25) is 10.0 Å². The summed E-state index contributed by atoms with van der Waals surface area (Å²) in [5.41, 5.74) is -0.293. The minimum absolute atomic E-state index is 0.194. The van der Waals surface area contributed by atoms with Crippen LogP contribution in [0.3, 0.4) is 0 Å². The summed E-state index contributed by atoms with van der Waals surface area (Å²) in [6.07, 6.45) is 0. The van der Waals surface area contributed by atoms with Crippen LogP contribution in [-0.4, -0.2) is 5.52 Å². The second kappa shape index (κ2) is 6.94. The summed E-state index contributed by atoms with van der Waals surface area (Å²) in [6.45, 7) is 0. The molecule has 0 saturated heterocycles. The molecule has 0 N–H and O–H groups in total. The Morgan fingerprint density at radius 2 is 1.25 bits per heavy atom. The smallest absolute Gasteiger partial charge is 0.231 e. The fourth-order valence-corrected chi connectivity index (χ4v) is 5.54. The van der Waals surface area contributed by atoms with Crippen molar-refractivity contribution in [1.29, 1.82) is 0 Å². The lowest BCUT2D eigenvalue weighted by atomic mass is 10.2. The molecule has 0 spiro atoms. The van der Waals surface area contributed by atoms with Crippen LogP contribution in [0, 0.1) is 0 Å². The molecule has 3 aromatic carbocycles. The molecule has 3 aromatic rings. The Balaban J connectivity index is 2.23. The van der Waals surface area contributed by atoms with Crippen molar-refractivity contribution in [3.63, 3.8) is 0 Å². The summed E-state index contributed by atoms with van der Waals surface area (Å²) in [5, 5.41) is 1.57. The third-order valence-electron chi connectivity index (χ3n) is 3.69. The highest BCUT2D eigenvalue weighted by molar-refractivity contribution is 7.93. The average molecular weight is 375 g/mol. The van der Waals surface area contributed by atoms with Gasteiger partial charge in [-0.2, -0.15) is 0 Å². The van der Waals surface area contributed by atoms with Gasteiger partial charge in [0.05, 0.1) is 5.02 Å². The van der Waals surface area contributed by atoms with E-state index in [1.165, 1.54) is 12.1 Å². The molecular weight excluding hydrogens is 362 g/mol. The fraction of sp³-hybridized carbons (Fsp3) is 0. The van der Waals surface area contributed by atoms with Crippen LogP contribution in [0.1, 0.15) is 10.4 Å². The minimum atomic E-state index is -3.55. The summed E-state index contributed by atoms with van der Waals surface area (Å²) in [4.78, 5) is 13.2. The second-order valence-electron chi connectivity index (χ2n) is 5.21. The molecule has 0 atom stereocenters. The Bertz CT molecular complexity index is 881. The molecule has 0 fully saturated rings. The average Bonchev–Trinajstić information content (AvgIpc) is 2.62. The van der Waals surface area contributed by atoms with E-state index in [9.17, 15) is 9.36 Å². The topological polar surface area (TPSA) is 34.1 Å². The largest absolute Gasteiger partial charge is 0.305 e. The van der Waals surface area contributed by atoms with Gasteiger partial charge in [-0.25, -0.2) is 0 Å². The van der Waals surface area contributed by atoms with Gasteiger partial charge in [0.25, 0.3) is 0 Å². The third-order valence-corrected chi connectivity index (χ3v) is 7.10. The van der Waals surface area contributed by atoms with Gasteiger partial charge in [0, 0.05) is 21.2 Å². The molecule has 120 valence electrons. The molecule has 0 aliphatic carbocycles. The van der Waals surface area contributed by atoms with Gasteiger partial charge in [-0.1, -0.05) is 83.9 Å². The van der Waals surface area contributed by atoms with Gasteiger partial charge < -0.3 is 4.57 Å². The maximum atomic E-state index is 13.9. The van der Waals surface area contributed by atoms with Crippen molar-refractivity contribution in [2.24, 2.45) is 0 Å². The van der Waals surface area contributed by atoms with Crippen LogP contribution in [0.4, 0.5) is 0 Å². The Hall–Kier alpha value is -1.86. The van der Waals surface area contributed by atoms with E-state index in [4.69, 9.17) is 23.2 Å². The molecule has 0 aliphatic heterocycles. The van der Waals surface area contributed by atoms with E-state index in [1.807, 2.05) is 12.1 Å². The van der Waals surface area contributed by atoms with Crippen LogP contribution >= 0.6 is 30.3 Å². The second-order valence-corrected chi connectivity index (χ2v) is 8.71. The molecule has 0 amide bonds. The van der Waals surface area contributed by atoms with Crippen molar-refractivity contribution in [3.8, 4) is 0 Å². The van der Waals surface area contributed by atoms with Crippen molar-refractivity contribution in [1.82, 2.24) is 0 Å². The van der Waals surface area contributed by atoms with E-state index in [0.717, 1.165) is 0 Å². The molecule has 24 heavy (non-hydrogen) atoms. The summed E-state index contributed by atoms with van der Waals surface area (Å²) in [5.74, 6) is 0. The number of benzene rings is 3. The Kier molecular flexibility index (Phi) is 4.91. The van der Waals surface area contributed by atoms with E-state index < -0.39 is 12.7 Å². The van der Waals surface area contributed by atoms with Gasteiger partial charge >= 0.3 is 0 Å². The first-order valence-corrected chi connectivity index (χ1v) is 9.71. The van der Waals surface area contributed by atoms with Gasteiger partial charge in [0.1, 0.15) is 0 Å². The summed E-state index contributed by atoms with van der Waals surface area (Å²) >= 11 is 12.1. The Morgan fingerprint density at radius 1 is 0.750 bits per heavy atom. The quantitative estimate of drug-likeness (QED) is 0.592. The highest BCUT2D eigenvalue weighted by Crippen LogP contribution is 2.47. The monoisotopic (exact) mass is 374 g/mol. The van der Waals surface area contributed by atoms with Crippen molar-refractivity contribution in [2.45, 2.75) is 0 Å². The van der Waals surface area contributed by atoms with Gasteiger partial charge in [-0.15, -0.1) is 0 Å². The first-order chi connectivity index (χ1) is 11.5. The SMILES string of the molecule is O=C(c1ccc(Cl)cc1Cl)P(=O)(c1ccccc1)c1ccccc1. The zero-order valence-electron chi connectivity index (χ0n) is 12.5. The standard InChI is InChI=1S/C19H13Cl2O2P/c20-14-11-12-17(18(21)13-14)19(22)24(23,15-7-3-1-4-8-15)16-9-5-2-6-10-16/h1-13H. The van der Waals surface area contributed by atoms with Gasteiger partial charge in [0.15, 0.2) is 0 Å². The molecule has 0 bridgehead atoms. The Morgan fingerprint density at radius 3 is 1.71 bits per heavy atom. The zero-order chi connectivity index (χ0) is 17.2. The van der Waals surface area contributed by atoms with Crippen molar-refractivity contribution in [3.05, 3.63) is 94.5 Å². The highest BCUT2D eigenvalue weighted by atomic mass is 35.5. The van der Waals surface area contributed by atoms with Gasteiger partial charge in [-0.3, -0.25) is 4.79 Å². The molecular formula is C19H13Cl2O2P. The highest BCUT2D eigenvalue weighted by Gasteiger charge is 2.37. The van der Waals surface area contributed by atoms with Crippen LogP contribution in [0.25, 0.3) is 0 Å². The van der Waals surface area contributed by atoms with Crippen LogP contribution in [0.5, 0.6) is 0 Å². The van der Waals surface area contributed by atoms with Crippen molar-refractivity contribution >= 4 is 46.5 Å². The molecule has 0 radical (unpaired) electrons. The predicted molar refractivity (Wildman–Crippen MR) is 101 cm³/mol. The number of halogens is 2. The maximum Gasteiger partial charge on any atom is 0.231 e. The molecule has 0 aliphatic rings. The van der Waals surface area contributed by atoms with E-state index in [0.29, 0.717) is 15.6 Å². The van der Waals surface area contributed by atoms with Crippen LogP contribution < -0.4 is 10.6 Å². The summed E-state index contributed by atoms with van der Waals surface area (Å²) in [7, 11) is -3.55. The lowest BCUT2D eigenvalue weighted by molar-refractivity contribution is 0.107. The molecule has 0 aromatic heterocycles. The number of hydrogen-bond donors (Lipinski definition) is 0. The van der Waals surface area contributed by atoms with Crippen molar-refractivity contribution < 1.29 is 9.36 Å². The summed E-state index contributed by atoms with van der Waals surface area (Å²) < 4.78 is 13.9. The molecule has 5 heteroatoms. The molecule has 0 saturated carbocycles. The zero-order valence-corrected chi connectivity index (χ0v) is 14.9. The Labute approximate surface area is 150 Å².